The lowest BCUT2D eigenvalue weighted by molar-refractivity contribution is -0.166. The molecule has 0 amide bonds. The molecule has 1 fully saturated rings. The van der Waals surface area contributed by atoms with Crippen molar-refractivity contribution < 1.29 is 13.9 Å². The van der Waals surface area contributed by atoms with Crippen LogP contribution in [0.4, 0.5) is 0 Å². The Labute approximate surface area is 86.2 Å². The van der Waals surface area contributed by atoms with Crippen LogP contribution in [0.15, 0.2) is 4.42 Å². The fourth-order valence-electron chi connectivity index (χ4n) is 2.13. The fraction of sp³-hybridized carbons (Fsp3) is 0.667. The molecule has 4 nitrogen and oxygen atoms in total. The summed E-state index contributed by atoms with van der Waals surface area (Å²) in [6.07, 6.45) is 2.44. The van der Waals surface area contributed by atoms with E-state index in [1.54, 1.807) is 0 Å². The molecule has 0 unspecified atom stereocenters. The zero-order valence-corrected chi connectivity index (χ0v) is 8.49. The maximum Gasteiger partial charge on any atom is 0.266 e. The second-order valence-corrected chi connectivity index (χ2v) is 4.07. The molecule has 1 spiro atoms. The molecule has 1 aliphatic carbocycles. The first kappa shape index (κ1) is 8.64. The standard InChI is InChI=1S/C9H11NO3S/c14-8-10-6-1-2-9(5-7(6)13-8)11-3-4-12-9/h1-5H2,(H,10,14). The number of oxazole rings is 1. The summed E-state index contributed by atoms with van der Waals surface area (Å²) in [6.45, 7) is 1.36. The van der Waals surface area contributed by atoms with Crippen molar-refractivity contribution >= 4 is 12.2 Å². The van der Waals surface area contributed by atoms with Crippen molar-refractivity contribution in [1.82, 2.24) is 4.98 Å². The number of nitrogens with one attached hydrogen (secondary N) is 1. The quantitative estimate of drug-likeness (QED) is 0.664. The highest BCUT2D eigenvalue weighted by molar-refractivity contribution is 7.71. The lowest BCUT2D eigenvalue weighted by atomic mass is 9.96. The van der Waals surface area contributed by atoms with Gasteiger partial charge in [0.05, 0.1) is 25.3 Å². The van der Waals surface area contributed by atoms with E-state index in [-0.39, 0.29) is 0 Å². The number of hydrogen-bond acceptors (Lipinski definition) is 4. The van der Waals surface area contributed by atoms with Crippen LogP contribution in [0.25, 0.3) is 0 Å². The molecule has 0 aromatic carbocycles. The van der Waals surface area contributed by atoms with E-state index in [0.29, 0.717) is 24.5 Å². The van der Waals surface area contributed by atoms with Crippen LogP contribution >= 0.6 is 12.2 Å². The number of aromatic nitrogens is 1. The van der Waals surface area contributed by atoms with Gasteiger partial charge in [-0.3, -0.25) is 0 Å². The highest BCUT2D eigenvalue weighted by atomic mass is 32.1. The van der Waals surface area contributed by atoms with Crippen LogP contribution in [0, 0.1) is 4.84 Å². The summed E-state index contributed by atoms with van der Waals surface area (Å²) in [5.74, 6) is 0.462. The van der Waals surface area contributed by atoms with Gasteiger partial charge in [0.1, 0.15) is 5.76 Å². The molecule has 0 radical (unpaired) electrons. The summed E-state index contributed by atoms with van der Waals surface area (Å²) in [6, 6.07) is 0. The maximum absolute atomic E-state index is 5.62. The molecular weight excluding hydrogens is 202 g/mol. The van der Waals surface area contributed by atoms with Crippen molar-refractivity contribution in [2.45, 2.75) is 25.0 Å². The second-order valence-electron chi connectivity index (χ2n) is 3.70. The maximum atomic E-state index is 5.62. The van der Waals surface area contributed by atoms with Gasteiger partial charge in [0.2, 0.25) is 0 Å². The number of H-pyrrole nitrogens is 1. The van der Waals surface area contributed by atoms with Gasteiger partial charge in [-0.05, 0) is 18.6 Å². The van der Waals surface area contributed by atoms with Crippen molar-refractivity contribution in [3.8, 4) is 0 Å². The Bertz CT molecular complexity index is 402. The first-order valence-electron chi connectivity index (χ1n) is 4.76. The number of aryl methyl sites for hydroxylation is 1. The minimum absolute atomic E-state index is 0.430. The van der Waals surface area contributed by atoms with Gasteiger partial charge in [0, 0.05) is 6.42 Å². The number of aromatic amines is 1. The van der Waals surface area contributed by atoms with Gasteiger partial charge in [0.25, 0.3) is 4.84 Å². The van der Waals surface area contributed by atoms with Crippen LogP contribution in [0.1, 0.15) is 17.9 Å². The molecule has 1 aromatic heterocycles. The molecule has 14 heavy (non-hydrogen) atoms. The average Bonchev–Trinajstić information content (AvgIpc) is 2.72. The Morgan fingerprint density at radius 1 is 1.29 bits per heavy atom. The number of hydrogen-bond donors (Lipinski definition) is 1. The van der Waals surface area contributed by atoms with E-state index in [2.05, 4.69) is 4.98 Å². The summed E-state index contributed by atoms with van der Waals surface area (Å²) in [5.41, 5.74) is 1.10. The van der Waals surface area contributed by atoms with E-state index < -0.39 is 5.79 Å². The van der Waals surface area contributed by atoms with Gasteiger partial charge in [-0.25, -0.2) is 0 Å². The Balaban J connectivity index is 1.95. The number of ether oxygens (including phenoxy) is 2. The molecule has 0 saturated carbocycles. The smallest absolute Gasteiger partial charge is 0.266 e. The number of fused-ring (bicyclic) bond motifs is 1. The van der Waals surface area contributed by atoms with Gasteiger partial charge >= 0.3 is 0 Å². The Morgan fingerprint density at radius 3 is 2.86 bits per heavy atom. The average molecular weight is 213 g/mol. The van der Waals surface area contributed by atoms with E-state index in [0.717, 1.165) is 24.3 Å². The van der Waals surface area contributed by atoms with Crippen LogP contribution in [0.3, 0.4) is 0 Å². The van der Waals surface area contributed by atoms with E-state index in [1.165, 1.54) is 0 Å². The fourth-order valence-corrected chi connectivity index (χ4v) is 2.35. The Morgan fingerprint density at radius 2 is 2.07 bits per heavy atom. The van der Waals surface area contributed by atoms with Crippen molar-refractivity contribution in [3.63, 3.8) is 0 Å². The summed E-state index contributed by atoms with van der Waals surface area (Å²) >= 11 is 4.94. The minimum atomic E-state index is -0.430. The van der Waals surface area contributed by atoms with Crippen molar-refractivity contribution in [2.24, 2.45) is 0 Å². The van der Waals surface area contributed by atoms with Gasteiger partial charge in [0.15, 0.2) is 5.79 Å². The van der Waals surface area contributed by atoms with Gasteiger partial charge in [-0.1, -0.05) is 0 Å². The molecule has 0 bridgehead atoms. The third kappa shape index (κ3) is 1.24. The largest absolute Gasteiger partial charge is 0.434 e. The summed E-state index contributed by atoms with van der Waals surface area (Å²) < 4.78 is 16.6. The molecule has 2 aliphatic rings. The zero-order chi connectivity index (χ0) is 9.60. The molecule has 1 N–H and O–H groups in total. The molecule has 0 atom stereocenters. The molecule has 1 aromatic rings. The normalized spacial score (nSPS) is 24.0. The molecular formula is C9H11NO3S. The van der Waals surface area contributed by atoms with E-state index in [9.17, 15) is 0 Å². The van der Waals surface area contributed by atoms with E-state index in [4.69, 9.17) is 26.1 Å². The van der Waals surface area contributed by atoms with Crippen LogP contribution in [-0.2, 0) is 22.3 Å². The highest BCUT2D eigenvalue weighted by Gasteiger charge is 2.41. The Kier molecular flexibility index (Phi) is 1.80. The monoisotopic (exact) mass is 213 g/mol. The first-order valence-corrected chi connectivity index (χ1v) is 5.17. The van der Waals surface area contributed by atoms with Gasteiger partial charge in [-0.2, -0.15) is 0 Å². The predicted molar refractivity (Wildman–Crippen MR) is 50.6 cm³/mol. The number of rotatable bonds is 0. The first-order chi connectivity index (χ1) is 6.77. The summed E-state index contributed by atoms with van der Waals surface area (Å²) in [4.78, 5) is 3.49. The third-order valence-electron chi connectivity index (χ3n) is 2.80. The summed E-state index contributed by atoms with van der Waals surface area (Å²) in [7, 11) is 0. The molecule has 1 aliphatic heterocycles. The van der Waals surface area contributed by atoms with Gasteiger partial charge < -0.3 is 18.9 Å². The van der Waals surface area contributed by atoms with E-state index >= 15 is 0 Å². The minimum Gasteiger partial charge on any atom is -0.434 e. The van der Waals surface area contributed by atoms with Crippen LogP contribution in [-0.4, -0.2) is 24.0 Å². The van der Waals surface area contributed by atoms with Crippen molar-refractivity contribution in [3.05, 3.63) is 16.3 Å². The molecule has 2 heterocycles. The Hall–Kier alpha value is -0.650. The van der Waals surface area contributed by atoms with Crippen molar-refractivity contribution in [2.75, 3.05) is 13.2 Å². The molecule has 76 valence electrons. The lowest BCUT2D eigenvalue weighted by Gasteiger charge is -2.29. The van der Waals surface area contributed by atoms with E-state index in [1.807, 2.05) is 0 Å². The van der Waals surface area contributed by atoms with Crippen LogP contribution < -0.4 is 0 Å². The van der Waals surface area contributed by atoms with Crippen LogP contribution in [0.2, 0.25) is 0 Å². The summed E-state index contributed by atoms with van der Waals surface area (Å²) in [5, 5.41) is 0. The molecule has 5 heteroatoms. The third-order valence-corrected chi connectivity index (χ3v) is 2.99. The SMILES string of the molecule is S=c1[nH]c2c(o1)CC1(CC2)OCCO1. The molecule has 3 rings (SSSR count). The molecule has 1 saturated heterocycles. The van der Waals surface area contributed by atoms with Gasteiger partial charge in [-0.15, -0.1) is 0 Å². The predicted octanol–water partition coefficient (Wildman–Crippen LogP) is 1.57. The second kappa shape index (κ2) is 2.92. The van der Waals surface area contributed by atoms with Crippen molar-refractivity contribution in [1.29, 1.82) is 0 Å². The zero-order valence-electron chi connectivity index (χ0n) is 7.67. The van der Waals surface area contributed by atoms with Crippen LogP contribution in [0.5, 0.6) is 0 Å². The highest BCUT2D eigenvalue weighted by Crippen LogP contribution is 2.34. The lowest BCUT2D eigenvalue weighted by Crippen LogP contribution is -2.36. The topological polar surface area (TPSA) is 47.4 Å².